The average Bonchev–Trinajstić information content (AvgIpc) is 3.31. The Bertz CT molecular complexity index is 1570. The van der Waals surface area contributed by atoms with Crippen molar-refractivity contribution in [1.82, 2.24) is 24.3 Å². The summed E-state index contributed by atoms with van der Waals surface area (Å²) in [6.07, 6.45) is 1.59. The third-order valence-corrected chi connectivity index (χ3v) is 7.56. The number of methoxy groups -OCH3 is 1. The van der Waals surface area contributed by atoms with Crippen molar-refractivity contribution in [2.24, 2.45) is 7.05 Å². The zero-order valence-electron chi connectivity index (χ0n) is 26.1. The molecule has 0 unspecified atom stereocenters. The molecule has 0 spiro atoms. The number of likely N-dealkylation sites (N-methyl/N-ethyl adjacent to an activating group) is 1. The van der Waals surface area contributed by atoms with E-state index in [0.29, 0.717) is 23.1 Å². The van der Waals surface area contributed by atoms with Gasteiger partial charge in [0.25, 0.3) is 0 Å². The highest BCUT2D eigenvalue weighted by atomic mass is 16.5. The van der Waals surface area contributed by atoms with E-state index >= 15 is 0 Å². The lowest BCUT2D eigenvalue weighted by molar-refractivity contribution is 0.0687. The van der Waals surface area contributed by atoms with Crippen molar-refractivity contribution in [3.63, 3.8) is 0 Å². The summed E-state index contributed by atoms with van der Waals surface area (Å²) >= 11 is 0. The van der Waals surface area contributed by atoms with Crippen LogP contribution < -0.4 is 20.5 Å². The van der Waals surface area contributed by atoms with E-state index in [-0.39, 0.29) is 11.1 Å². The Labute approximate surface area is 253 Å². The molecule has 0 radical (unpaired) electrons. The molecule has 2 aromatic carbocycles. The predicted molar refractivity (Wildman–Crippen MR) is 170 cm³/mol. The van der Waals surface area contributed by atoms with Crippen molar-refractivity contribution >= 4 is 28.5 Å². The number of nitrogen functional groups attached to an aromatic ring is 1. The number of aromatic nitrogens is 3. The van der Waals surface area contributed by atoms with Crippen LogP contribution in [0.3, 0.4) is 0 Å². The Balaban J connectivity index is 0.000000197. The molecule has 43 heavy (non-hydrogen) atoms. The van der Waals surface area contributed by atoms with Gasteiger partial charge in [-0.05, 0) is 36.2 Å². The van der Waals surface area contributed by atoms with Crippen LogP contribution in [0.4, 0.5) is 11.6 Å². The minimum atomic E-state index is -0.982. The Morgan fingerprint density at radius 3 is 2.44 bits per heavy atom. The van der Waals surface area contributed by atoms with Crippen LogP contribution in [0.2, 0.25) is 0 Å². The molecule has 11 heteroatoms. The molecule has 1 saturated heterocycles. The highest BCUT2D eigenvalue weighted by Crippen LogP contribution is 2.34. The topological polar surface area (TPSA) is 131 Å². The molecule has 0 saturated carbocycles. The van der Waals surface area contributed by atoms with E-state index in [1.807, 2.05) is 18.2 Å². The van der Waals surface area contributed by atoms with Crippen molar-refractivity contribution in [3.8, 4) is 17.4 Å². The summed E-state index contributed by atoms with van der Waals surface area (Å²) < 4.78 is 12.9. The molecule has 4 aromatic rings. The fourth-order valence-electron chi connectivity index (χ4n) is 5.06. The van der Waals surface area contributed by atoms with Gasteiger partial charge in [0, 0.05) is 70.0 Å². The first kappa shape index (κ1) is 31.6. The van der Waals surface area contributed by atoms with Crippen LogP contribution in [0.1, 0.15) is 42.4 Å². The van der Waals surface area contributed by atoms with Gasteiger partial charge in [-0.1, -0.05) is 39.0 Å². The maximum atomic E-state index is 11.3. The third-order valence-electron chi connectivity index (χ3n) is 7.56. The standard InChI is InChI=1S/C17H29N3O.C15H14N4O3/c1-17(2,3)14-10-13(16(21-5)15(18)11-14)12-20-8-6-19(4)7-9-20;1-16-15-17-7-6-12(18-15)22-11-5-3-4-9-8-10(14(20)21)19(2)13(9)11/h10-11H,6-9,12,18H2,1-5H3;3-8H,1-2H3,(H,20,21)(H,16,17,18). The van der Waals surface area contributed by atoms with Crippen LogP contribution in [0.15, 0.2) is 48.7 Å². The maximum Gasteiger partial charge on any atom is 0.352 e. The summed E-state index contributed by atoms with van der Waals surface area (Å²) in [4.78, 5) is 24.3. The number of hydrogen-bond acceptors (Lipinski definition) is 9. The first-order chi connectivity index (χ1) is 20.4. The second kappa shape index (κ2) is 13.3. The van der Waals surface area contributed by atoms with E-state index in [9.17, 15) is 9.90 Å². The third kappa shape index (κ3) is 7.54. The number of aryl methyl sites for hydroxylation is 1. The highest BCUT2D eigenvalue weighted by Gasteiger charge is 2.21. The number of nitrogens with two attached hydrogens (primary N) is 1. The van der Waals surface area contributed by atoms with Crippen LogP contribution in [-0.4, -0.2) is 82.8 Å². The summed E-state index contributed by atoms with van der Waals surface area (Å²) in [5.74, 6) is 1.21. The summed E-state index contributed by atoms with van der Waals surface area (Å²) in [7, 11) is 7.29. The largest absolute Gasteiger partial charge is 0.494 e. The van der Waals surface area contributed by atoms with E-state index < -0.39 is 5.97 Å². The van der Waals surface area contributed by atoms with Crippen molar-refractivity contribution in [3.05, 3.63) is 65.5 Å². The van der Waals surface area contributed by atoms with Gasteiger partial charge < -0.3 is 35.1 Å². The first-order valence-corrected chi connectivity index (χ1v) is 14.3. The van der Waals surface area contributed by atoms with Crippen molar-refractivity contribution < 1.29 is 19.4 Å². The number of rotatable bonds is 7. The molecule has 230 valence electrons. The van der Waals surface area contributed by atoms with Gasteiger partial charge in [0.2, 0.25) is 11.8 Å². The number of carboxylic acid groups (broad SMARTS) is 1. The maximum absolute atomic E-state index is 11.3. The normalized spacial score (nSPS) is 14.2. The fraction of sp³-hybridized carbons (Fsp3) is 0.406. The second-order valence-corrected chi connectivity index (χ2v) is 11.7. The van der Waals surface area contributed by atoms with Gasteiger partial charge >= 0.3 is 5.97 Å². The molecule has 0 atom stereocenters. The zero-order chi connectivity index (χ0) is 31.3. The van der Waals surface area contributed by atoms with E-state index in [1.54, 1.807) is 50.2 Å². The number of ether oxygens (including phenoxy) is 2. The number of para-hydroxylation sites is 1. The molecule has 1 aliphatic heterocycles. The molecule has 0 amide bonds. The van der Waals surface area contributed by atoms with Crippen molar-refractivity contribution in [1.29, 1.82) is 0 Å². The Morgan fingerprint density at radius 1 is 1.09 bits per heavy atom. The van der Waals surface area contributed by atoms with E-state index in [1.165, 1.54) is 11.1 Å². The SMILES string of the molecule is CNc1nccc(Oc2cccc3cc(C(=O)O)n(C)c23)n1.COc1c(N)cc(C(C)(C)C)cc1CN1CCN(C)CC1. The van der Waals surface area contributed by atoms with Crippen molar-refractivity contribution in [2.45, 2.75) is 32.7 Å². The smallest absolute Gasteiger partial charge is 0.352 e. The minimum Gasteiger partial charge on any atom is -0.494 e. The van der Waals surface area contributed by atoms with Crippen LogP contribution in [0, 0.1) is 0 Å². The van der Waals surface area contributed by atoms with E-state index in [2.05, 4.69) is 59.0 Å². The van der Waals surface area contributed by atoms with Crippen LogP contribution >= 0.6 is 0 Å². The van der Waals surface area contributed by atoms with Gasteiger partial charge in [0.15, 0.2) is 5.75 Å². The number of hydrogen-bond donors (Lipinski definition) is 3. The number of piperazine rings is 1. The summed E-state index contributed by atoms with van der Waals surface area (Å²) in [6, 6.07) is 13.0. The van der Waals surface area contributed by atoms with Gasteiger partial charge in [-0.3, -0.25) is 4.90 Å². The highest BCUT2D eigenvalue weighted by molar-refractivity contribution is 5.96. The summed E-state index contributed by atoms with van der Waals surface area (Å²) in [5, 5.41) is 12.9. The van der Waals surface area contributed by atoms with Crippen molar-refractivity contribution in [2.75, 3.05) is 58.4 Å². The van der Waals surface area contributed by atoms with Gasteiger partial charge in [-0.15, -0.1) is 0 Å². The Morgan fingerprint density at radius 2 is 1.81 bits per heavy atom. The second-order valence-electron chi connectivity index (χ2n) is 11.7. The van der Waals surface area contributed by atoms with Crippen LogP contribution in [0.5, 0.6) is 17.4 Å². The number of carboxylic acids is 1. The molecule has 5 rings (SSSR count). The molecule has 1 aliphatic rings. The predicted octanol–water partition coefficient (Wildman–Crippen LogP) is 4.82. The van der Waals surface area contributed by atoms with E-state index in [0.717, 1.165) is 49.5 Å². The van der Waals surface area contributed by atoms with Gasteiger partial charge in [0.05, 0.1) is 18.3 Å². The number of fused-ring (bicyclic) bond motifs is 1. The van der Waals surface area contributed by atoms with Gasteiger partial charge in [-0.25, -0.2) is 9.78 Å². The van der Waals surface area contributed by atoms with Crippen LogP contribution in [0.25, 0.3) is 10.9 Å². The average molecular weight is 590 g/mol. The first-order valence-electron chi connectivity index (χ1n) is 14.3. The zero-order valence-corrected chi connectivity index (χ0v) is 26.1. The Kier molecular flexibility index (Phi) is 9.77. The monoisotopic (exact) mass is 589 g/mol. The number of carbonyl (C=O) groups is 1. The minimum absolute atomic E-state index is 0.0945. The molecule has 2 aromatic heterocycles. The van der Waals surface area contributed by atoms with E-state index in [4.69, 9.17) is 15.2 Å². The lowest BCUT2D eigenvalue weighted by Gasteiger charge is -2.33. The molecule has 11 nitrogen and oxygen atoms in total. The number of nitrogens with zero attached hydrogens (tertiary/aromatic N) is 5. The van der Waals surface area contributed by atoms with Crippen LogP contribution in [-0.2, 0) is 19.0 Å². The van der Waals surface area contributed by atoms with Gasteiger partial charge in [0.1, 0.15) is 11.4 Å². The number of anilines is 2. The molecule has 1 fully saturated rings. The van der Waals surface area contributed by atoms with Gasteiger partial charge in [-0.2, -0.15) is 4.98 Å². The lowest BCUT2D eigenvalue weighted by Crippen LogP contribution is -2.43. The number of nitrogens with one attached hydrogen (secondary N) is 1. The summed E-state index contributed by atoms with van der Waals surface area (Å²) in [6.45, 7) is 12.0. The lowest BCUT2D eigenvalue weighted by atomic mass is 9.85. The molecule has 4 N–H and O–H groups in total. The number of aromatic carboxylic acids is 1. The Hall–Kier alpha value is -4.35. The quantitative estimate of drug-likeness (QED) is 0.258. The molecular formula is C32H43N7O4. The molecule has 0 bridgehead atoms. The molecule has 0 aliphatic carbocycles. The molecule has 3 heterocycles. The molecular weight excluding hydrogens is 546 g/mol. The number of benzene rings is 2. The fourth-order valence-corrected chi connectivity index (χ4v) is 5.06. The summed E-state index contributed by atoms with van der Waals surface area (Å²) in [5.41, 5.74) is 10.4.